The second-order valence-electron chi connectivity index (χ2n) is 9.86. The van der Waals surface area contributed by atoms with Gasteiger partial charge in [0.25, 0.3) is 0 Å². The van der Waals surface area contributed by atoms with E-state index in [2.05, 4.69) is 12.5 Å². The Bertz CT molecular complexity index is 1090. The molecule has 2 fully saturated rings. The first kappa shape index (κ1) is 23.0. The normalized spacial score (nSPS) is 30.9. The third-order valence-electron chi connectivity index (χ3n) is 7.45. The van der Waals surface area contributed by atoms with Crippen molar-refractivity contribution < 1.29 is 9.39 Å². The maximum Gasteiger partial charge on any atom is 0.312 e. The van der Waals surface area contributed by atoms with Crippen molar-refractivity contribution in [3.8, 4) is 0 Å². The predicted octanol–water partition coefficient (Wildman–Crippen LogP) is 6.11. The molecule has 1 saturated carbocycles. The number of halogens is 3. The summed E-state index contributed by atoms with van der Waals surface area (Å²) in [7, 11) is 2.13. The molecule has 33 heavy (non-hydrogen) atoms. The molecule has 1 N–H and O–H groups in total. The first-order valence-electron chi connectivity index (χ1n) is 11.5. The van der Waals surface area contributed by atoms with Crippen LogP contribution in [-0.4, -0.2) is 36.3 Å². The molecule has 5 nitrogen and oxygen atoms in total. The molecule has 2 aromatic rings. The molecule has 0 aromatic heterocycles. The number of anilines is 1. The van der Waals surface area contributed by atoms with E-state index in [1.165, 1.54) is 19.3 Å². The summed E-state index contributed by atoms with van der Waals surface area (Å²) < 4.78 is 0.577. The van der Waals surface area contributed by atoms with Crippen molar-refractivity contribution in [2.45, 2.75) is 32.2 Å². The summed E-state index contributed by atoms with van der Waals surface area (Å²) in [5.41, 5.74) is 5.54. The first-order valence-corrected chi connectivity index (χ1v) is 12.6. The number of amides is 1. The Kier molecular flexibility index (Phi) is 6.11. The van der Waals surface area contributed by atoms with Crippen molar-refractivity contribution in [1.29, 1.82) is 0 Å². The SMILES string of the molecule is CC1C(C(=O)N[N+]2(C)C[C@H]3CCC[C@H]3C2)=NN(c2ccc(Cl)cc2Cl)C1c1ccc(Cl)cc1. The second kappa shape index (κ2) is 8.77. The second-order valence-corrected chi connectivity index (χ2v) is 11.1. The van der Waals surface area contributed by atoms with Gasteiger partial charge in [-0.2, -0.15) is 10.5 Å². The molecule has 5 rings (SSSR count). The molecule has 0 radical (unpaired) electrons. The molecule has 2 heterocycles. The van der Waals surface area contributed by atoms with E-state index in [9.17, 15) is 4.79 Å². The summed E-state index contributed by atoms with van der Waals surface area (Å²) in [6.45, 7) is 4.02. The number of nitrogens with one attached hydrogen (secondary N) is 1. The molecule has 174 valence electrons. The number of benzene rings is 2. The van der Waals surface area contributed by atoms with Gasteiger partial charge in [0, 0.05) is 27.8 Å². The number of carbonyl (C=O) groups excluding carboxylic acids is 1. The average Bonchev–Trinajstić information content (AvgIpc) is 3.40. The van der Waals surface area contributed by atoms with Crippen LogP contribution in [0.2, 0.25) is 15.1 Å². The van der Waals surface area contributed by atoms with E-state index < -0.39 is 0 Å². The highest BCUT2D eigenvalue weighted by molar-refractivity contribution is 6.40. The molecule has 3 unspecified atom stereocenters. The van der Waals surface area contributed by atoms with E-state index in [1.54, 1.807) is 12.1 Å². The van der Waals surface area contributed by atoms with Crippen molar-refractivity contribution >= 4 is 52.1 Å². The number of hydrazone groups is 1. The van der Waals surface area contributed by atoms with Gasteiger partial charge in [0.2, 0.25) is 0 Å². The van der Waals surface area contributed by atoms with Gasteiger partial charge in [-0.15, -0.1) is 0 Å². The number of hydrogen-bond donors (Lipinski definition) is 1. The van der Waals surface area contributed by atoms with Crippen LogP contribution in [0.15, 0.2) is 47.6 Å². The molecule has 2 aromatic carbocycles. The van der Waals surface area contributed by atoms with E-state index >= 15 is 0 Å². The number of fused-ring (bicyclic) bond motifs is 1. The van der Waals surface area contributed by atoms with E-state index in [0.717, 1.165) is 18.7 Å². The van der Waals surface area contributed by atoms with Crippen LogP contribution in [0.25, 0.3) is 0 Å². The maximum absolute atomic E-state index is 13.5. The zero-order valence-electron chi connectivity index (χ0n) is 18.8. The minimum atomic E-state index is -0.190. The molecule has 8 heteroatoms. The Balaban J connectivity index is 1.46. The van der Waals surface area contributed by atoms with Crippen LogP contribution in [0.5, 0.6) is 0 Å². The van der Waals surface area contributed by atoms with Gasteiger partial charge in [-0.05, 0) is 48.7 Å². The summed E-state index contributed by atoms with van der Waals surface area (Å²) in [6, 6.07) is 12.8. The Labute approximate surface area is 209 Å². The van der Waals surface area contributed by atoms with Gasteiger partial charge < -0.3 is 0 Å². The van der Waals surface area contributed by atoms with E-state index in [-0.39, 0.29) is 17.9 Å². The fourth-order valence-corrected chi connectivity index (χ4v) is 6.56. The quantitative estimate of drug-likeness (QED) is 0.509. The van der Waals surface area contributed by atoms with Gasteiger partial charge in [0.15, 0.2) is 0 Å². The molecule has 0 bridgehead atoms. The predicted molar refractivity (Wildman–Crippen MR) is 135 cm³/mol. The monoisotopic (exact) mass is 505 g/mol. The fraction of sp³-hybridized carbons (Fsp3) is 0.440. The lowest BCUT2D eigenvalue weighted by molar-refractivity contribution is -0.934. The Morgan fingerprint density at radius 2 is 1.67 bits per heavy atom. The van der Waals surface area contributed by atoms with Crippen LogP contribution < -0.4 is 10.4 Å². The van der Waals surface area contributed by atoms with Crippen molar-refractivity contribution in [2.75, 3.05) is 25.1 Å². The number of nitrogens with zero attached hydrogens (tertiary/aromatic N) is 3. The van der Waals surface area contributed by atoms with Crippen LogP contribution in [-0.2, 0) is 4.79 Å². The highest BCUT2D eigenvalue weighted by Gasteiger charge is 2.48. The third-order valence-corrected chi connectivity index (χ3v) is 8.24. The van der Waals surface area contributed by atoms with Crippen molar-refractivity contribution in [3.63, 3.8) is 0 Å². The van der Waals surface area contributed by atoms with Gasteiger partial charge in [0.05, 0.1) is 23.8 Å². The van der Waals surface area contributed by atoms with Gasteiger partial charge >= 0.3 is 5.91 Å². The first-order chi connectivity index (χ1) is 15.7. The largest absolute Gasteiger partial charge is 0.312 e. The van der Waals surface area contributed by atoms with E-state index in [1.807, 2.05) is 42.3 Å². The number of carbonyl (C=O) groups is 1. The Morgan fingerprint density at radius 1 is 1.03 bits per heavy atom. The van der Waals surface area contributed by atoms with Crippen LogP contribution in [0.3, 0.4) is 0 Å². The minimum absolute atomic E-state index is 0.114. The highest BCUT2D eigenvalue weighted by Crippen LogP contribution is 2.43. The molecule has 1 amide bonds. The Morgan fingerprint density at radius 3 is 2.30 bits per heavy atom. The molecule has 3 aliphatic rings. The zero-order valence-corrected chi connectivity index (χ0v) is 21.0. The van der Waals surface area contributed by atoms with Crippen LogP contribution in [0.1, 0.15) is 37.8 Å². The van der Waals surface area contributed by atoms with E-state index in [0.29, 0.717) is 42.9 Å². The summed E-state index contributed by atoms with van der Waals surface area (Å²) in [4.78, 5) is 13.5. The van der Waals surface area contributed by atoms with Crippen molar-refractivity contribution in [3.05, 3.63) is 63.1 Å². The molecule has 1 saturated heterocycles. The topological polar surface area (TPSA) is 44.7 Å². The van der Waals surface area contributed by atoms with Crippen molar-refractivity contribution in [1.82, 2.24) is 5.43 Å². The smallest absolute Gasteiger partial charge is 0.263 e. The molecular weight excluding hydrogens is 479 g/mol. The summed E-state index contributed by atoms with van der Waals surface area (Å²) in [6.07, 6.45) is 3.85. The molecular formula is C25H28Cl3N4O+. The van der Waals surface area contributed by atoms with Gasteiger partial charge in [-0.1, -0.05) is 60.3 Å². The Hall–Kier alpha value is -1.79. The highest BCUT2D eigenvalue weighted by atomic mass is 35.5. The summed E-state index contributed by atoms with van der Waals surface area (Å²) in [5, 5.41) is 8.38. The number of rotatable bonds is 4. The average molecular weight is 507 g/mol. The summed E-state index contributed by atoms with van der Waals surface area (Å²) in [5.74, 6) is 1.16. The molecule has 2 aliphatic heterocycles. The maximum atomic E-state index is 13.5. The molecule has 0 spiro atoms. The lowest BCUT2D eigenvalue weighted by atomic mass is 9.91. The van der Waals surface area contributed by atoms with Crippen LogP contribution in [0, 0.1) is 17.8 Å². The number of likely N-dealkylation sites (tertiary alicyclic amines) is 1. The minimum Gasteiger partial charge on any atom is -0.263 e. The fourth-order valence-electron chi connectivity index (χ4n) is 5.94. The van der Waals surface area contributed by atoms with E-state index in [4.69, 9.17) is 39.9 Å². The number of quaternary nitrogens is 1. The number of hydrogen-bond acceptors (Lipinski definition) is 3. The van der Waals surface area contributed by atoms with Crippen molar-refractivity contribution in [2.24, 2.45) is 22.9 Å². The molecule has 1 aliphatic carbocycles. The third kappa shape index (κ3) is 4.37. The van der Waals surface area contributed by atoms with Gasteiger partial charge in [-0.25, -0.2) is 4.59 Å². The van der Waals surface area contributed by atoms with Crippen LogP contribution in [0.4, 0.5) is 5.69 Å². The molecule has 5 atom stereocenters. The summed E-state index contributed by atoms with van der Waals surface area (Å²) >= 11 is 18.8. The lowest BCUT2D eigenvalue weighted by Gasteiger charge is -2.30. The van der Waals surface area contributed by atoms with Gasteiger partial charge in [0.1, 0.15) is 18.8 Å². The van der Waals surface area contributed by atoms with Gasteiger partial charge in [-0.3, -0.25) is 9.80 Å². The van der Waals surface area contributed by atoms with Crippen LogP contribution >= 0.6 is 34.8 Å². The standard InChI is InChI=1S/C25H27Cl3N4O/c1-15-23(25(33)30-32(2)13-17-4-3-5-18(17)14-32)29-31(22-11-10-20(27)12-21(22)28)24(15)16-6-8-19(26)9-7-16/h6-12,15,17-18,24H,3-5,13-14H2,1-2H3/p+1/t15?,17-,18+,24?,32?. The lowest BCUT2D eigenvalue weighted by Crippen LogP contribution is -2.58. The zero-order chi connectivity index (χ0) is 23.3.